The maximum atomic E-state index is 12.6. The average molecular weight is 366 g/mol. The first-order valence-electron chi connectivity index (χ1n) is 7.80. The third-order valence-corrected chi connectivity index (χ3v) is 3.98. The molecule has 2 heterocycles. The number of piperazine rings is 1. The van der Waals surface area contributed by atoms with Crippen molar-refractivity contribution in [1.82, 2.24) is 20.0 Å². The summed E-state index contributed by atoms with van der Waals surface area (Å²) in [7, 11) is 0. The van der Waals surface area contributed by atoms with Gasteiger partial charge in [-0.1, -0.05) is 12.1 Å². The van der Waals surface area contributed by atoms with Crippen molar-refractivity contribution in [3.05, 3.63) is 52.3 Å². The highest BCUT2D eigenvalue weighted by atomic mass is 35.5. The van der Waals surface area contributed by atoms with E-state index in [1.54, 1.807) is 35.4 Å². The van der Waals surface area contributed by atoms with Crippen LogP contribution in [-0.2, 0) is 0 Å². The number of nitrogens with one attached hydrogen (secondary N) is 1. The molecule has 1 fully saturated rings. The minimum absolute atomic E-state index is 0. The van der Waals surface area contributed by atoms with E-state index in [1.165, 1.54) is 10.7 Å². The zero-order valence-corrected chi connectivity index (χ0v) is 14.8. The molecule has 8 nitrogen and oxygen atoms in total. The molecule has 3 rings (SSSR count). The number of carbonyl (C=O) groups is 1. The zero-order chi connectivity index (χ0) is 17.3. The van der Waals surface area contributed by atoms with Gasteiger partial charge in [-0.3, -0.25) is 14.9 Å². The monoisotopic (exact) mass is 365 g/mol. The van der Waals surface area contributed by atoms with Gasteiger partial charge in [-0.05, 0) is 26.0 Å². The summed E-state index contributed by atoms with van der Waals surface area (Å²) in [6.07, 6.45) is 1.57. The molecule has 0 spiro atoms. The fourth-order valence-corrected chi connectivity index (χ4v) is 3.04. The number of benzene rings is 1. The molecule has 1 aliphatic heterocycles. The van der Waals surface area contributed by atoms with E-state index in [4.69, 9.17) is 0 Å². The van der Waals surface area contributed by atoms with Crippen molar-refractivity contribution in [1.29, 1.82) is 0 Å². The molecule has 0 bridgehead atoms. The van der Waals surface area contributed by atoms with Crippen LogP contribution in [0.1, 0.15) is 24.3 Å². The molecule has 2 atom stereocenters. The van der Waals surface area contributed by atoms with E-state index in [0.29, 0.717) is 18.8 Å². The Hall–Kier alpha value is -2.45. The number of aromatic nitrogens is 2. The molecular weight excluding hydrogens is 346 g/mol. The van der Waals surface area contributed by atoms with E-state index in [1.807, 2.05) is 13.8 Å². The molecule has 1 saturated heterocycles. The van der Waals surface area contributed by atoms with Crippen molar-refractivity contribution < 1.29 is 9.72 Å². The summed E-state index contributed by atoms with van der Waals surface area (Å²) in [5.41, 5.74) is 0.571. The Balaban J connectivity index is 0.00000225. The summed E-state index contributed by atoms with van der Waals surface area (Å²) in [5, 5.41) is 18.8. The van der Waals surface area contributed by atoms with Crippen LogP contribution in [0.5, 0.6) is 0 Å². The lowest BCUT2D eigenvalue weighted by Gasteiger charge is -2.35. The van der Waals surface area contributed by atoms with Gasteiger partial charge < -0.3 is 10.2 Å². The van der Waals surface area contributed by atoms with Crippen molar-refractivity contribution in [2.45, 2.75) is 25.9 Å². The van der Waals surface area contributed by atoms with Crippen LogP contribution in [0.15, 0.2) is 36.5 Å². The maximum absolute atomic E-state index is 12.6. The molecule has 9 heteroatoms. The lowest BCUT2D eigenvalue weighted by molar-refractivity contribution is -0.384. The van der Waals surface area contributed by atoms with Crippen molar-refractivity contribution >= 4 is 24.0 Å². The SMILES string of the molecule is CC1CN(C(=O)c2ccn(-c3ccccc3[N+](=O)[O-])n2)CC(C)N1.Cl. The lowest BCUT2D eigenvalue weighted by Crippen LogP contribution is -2.55. The fourth-order valence-electron chi connectivity index (χ4n) is 3.04. The van der Waals surface area contributed by atoms with Gasteiger partial charge in [0.2, 0.25) is 0 Å². The molecule has 1 aromatic heterocycles. The zero-order valence-electron chi connectivity index (χ0n) is 14.0. The number of nitrogens with zero attached hydrogens (tertiary/aromatic N) is 4. The van der Waals surface area contributed by atoms with Crippen molar-refractivity contribution in [2.75, 3.05) is 13.1 Å². The number of carbonyl (C=O) groups excluding carboxylic acids is 1. The van der Waals surface area contributed by atoms with Gasteiger partial charge in [0, 0.05) is 37.4 Å². The van der Waals surface area contributed by atoms with Gasteiger partial charge in [0.25, 0.3) is 11.6 Å². The number of halogens is 1. The molecule has 2 unspecified atom stereocenters. The van der Waals surface area contributed by atoms with E-state index < -0.39 is 4.92 Å². The van der Waals surface area contributed by atoms with Crippen LogP contribution in [0, 0.1) is 10.1 Å². The molecule has 134 valence electrons. The highest BCUT2D eigenvalue weighted by Crippen LogP contribution is 2.22. The van der Waals surface area contributed by atoms with E-state index in [2.05, 4.69) is 10.4 Å². The lowest BCUT2D eigenvalue weighted by atomic mass is 10.1. The maximum Gasteiger partial charge on any atom is 0.294 e. The van der Waals surface area contributed by atoms with Crippen LogP contribution < -0.4 is 5.32 Å². The number of hydrogen-bond donors (Lipinski definition) is 1. The Kier molecular flexibility index (Phi) is 5.76. The van der Waals surface area contributed by atoms with Gasteiger partial charge >= 0.3 is 0 Å². The number of para-hydroxylation sites is 2. The Morgan fingerprint density at radius 2 is 1.88 bits per heavy atom. The molecule has 0 radical (unpaired) electrons. The van der Waals surface area contributed by atoms with Crippen molar-refractivity contribution in [3.63, 3.8) is 0 Å². The van der Waals surface area contributed by atoms with Crippen LogP contribution in [0.3, 0.4) is 0 Å². The number of hydrogen-bond acceptors (Lipinski definition) is 5. The van der Waals surface area contributed by atoms with E-state index in [-0.39, 0.29) is 41.8 Å². The summed E-state index contributed by atoms with van der Waals surface area (Å²) >= 11 is 0. The average Bonchev–Trinajstić information content (AvgIpc) is 3.03. The smallest absolute Gasteiger partial charge is 0.294 e. The summed E-state index contributed by atoms with van der Waals surface area (Å²) in [5.74, 6) is -0.160. The molecular formula is C16H20ClN5O3. The molecule has 0 aliphatic carbocycles. The largest absolute Gasteiger partial charge is 0.334 e. The summed E-state index contributed by atoms with van der Waals surface area (Å²) < 4.78 is 1.38. The van der Waals surface area contributed by atoms with E-state index in [9.17, 15) is 14.9 Å². The van der Waals surface area contributed by atoms with Gasteiger partial charge in [-0.2, -0.15) is 5.10 Å². The number of amides is 1. The summed E-state index contributed by atoms with van der Waals surface area (Å²) in [4.78, 5) is 25.1. The van der Waals surface area contributed by atoms with Crippen LogP contribution in [0.2, 0.25) is 0 Å². The molecule has 1 aliphatic rings. The summed E-state index contributed by atoms with van der Waals surface area (Å²) in [6, 6.07) is 8.35. The Morgan fingerprint density at radius 3 is 2.52 bits per heavy atom. The van der Waals surface area contributed by atoms with Gasteiger partial charge in [0.15, 0.2) is 5.69 Å². The Labute approximate surface area is 151 Å². The van der Waals surface area contributed by atoms with Gasteiger partial charge in [-0.25, -0.2) is 4.68 Å². The quantitative estimate of drug-likeness (QED) is 0.663. The van der Waals surface area contributed by atoms with Crippen LogP contribution in [-0.4, -0.2) is 50.7 Å². The third kappa shape index (κ3) is 3.97. The molecule has 25 heavy (non-hydrogen) atoms. The van der Waals surface area contributed by atoms with E-state index in [0.717, 1.165) is 0 Å². The normalized spacial score (nSPS) is 20.0. The van der Waals surface area contributed by atoms with Gasteiger partial charge in [0.05, 0.1) is 4.92 Å². The second-order valence-electron chi connectivity index (χ2n) is 6.07. The van der Waals surface area contributed by atoms with Crippen LogP contribution in [0.4, 0.5) is 5.69 Å². The molecule has 1 aromatic carbocycles. The molecule has 0 saturated carbocycles. The minimum Gasteiger partial charge on any atom is -0.334 e. The fraction of sp³-hybridized carbons (Fsp3) is 0.375. The highest BCUT2D eigenvalue weighted by Gasteiger charge is 2.27. The van der Waals surface area contributed by atoms with Crippen LogP contribution >= 0.6 is 12.4 Å². The topological polar surface area (TPSA) is 93.3 Å². The second kappa shape index (κ2) is 7.62. The number of nitro benzene ring substituents is 1. The molecule has 2 aromatic rings. The Morgan fingerprint density at radius 1 is 1.24 bits per heavy atom. The standard InChI is InChI=1S/C16H19N5O3.ClH/c1-11-9-19(10-12(2)17-11)16(22)13-7-8-20(18-13)14-5-3-4-6-15(14)21(23)24;/h3-8,11-12,17H,9-10H2,1-2H3;1H. The molecule has 1 amide bonds. The number of rotatable bonds is 3. The predicted octanol–water partition coefficient (Wildman–Crippen LogP) is 2.02. The molecule has 1 N–H and O–H groups in total. The van der Waals surface area contributed by atoms with Crippen molar-refractivity contribution in [2.24, 2.45) is 0 Å². The summed E-state index contributed by atoms with van der Waals surface area (Å²) in [6.45, 7) is 5.28. The second-order valence-corrected chi connectivity index (χ2v) is 6.07. The van der Waals surface area contributed by atoms with Crippen LogP contribution in [0.25, 0.3) is 5.69 Å². The first kappa shape index (κ1) is 18.9. The first-order valence-corrected chi connectivity index (χ1v) is 7.80. The first-order chi connectivity index (χ1) is 11.5. The van der Waals surface area contributed by atoms with Gasteiger partial charge in [0.1, 0.15) is 5.69 Å². The predicted molar refractivity (Wildman–Crippen MR) is 95.4 cm³/mol. The third-order valence-electron chi connectivity index (χ3n) is 3.98. The van der Waals surface area contributed by atoms with Gasteiger partial charge in [-0.15, -0.1) is 12.4 Å². The number of nitro groups is 1. The highest BCUT2D eigenvalue weighted by molar-refractivity contribution is 5.92. The Bertz CT molecular complexity index is 769. The van der Waals surface area contributed by atoms with Crippen molar-refractivity contribution in [3.8, 4) is 5.69 Å². The van der Waals surface area contributed by atoms with E-state index >= 15 is 0 Å². The minimum atomic E-state index is -0.460.